The Kier molecular flexibility index (Phi) is 5.11. The minimum absolute atomic E-state index is 0.0301. The highest BCUT2D eigenvalue weighted by Crippen LogP contribution is 2.15. The van der Waals surface area contributed by atoms with Gasteiger partial charge in [0.25, 0.3) is 0 Å². The third-order valence-corrected chi connectivity index (χ3v) is 3.42. The summed E-state index contributed by atoms with van der Waals surface area (Å²) in [5.74, 6) is -0.884. The zero-order chi connectivity index (χ0) is 12.8. The number of carbonyl (C=O) groups excluding carboxylic acids is 1. The van der Waals surface area contributed by atoms with Crippen LogP contribution in [0.5, 0.6) is 0 Å². The maximum Gasteiger partial charge on any atom is 0.345 e. The van der Waals surface area contributed by atoms with Crippen LogP contribution < -0.4 is 5.32 Å². The summed E-state index contributed by atoms with van der Waals surface area (Å²) in [6, 6.07) is 3.33. The van der Waals surface area contributed by atoms with E-state index < -0.39 is 5.97 Å². The van der Waals surface area contributed by atoms with E-state index in [2.05, 4.69) is 5.32 Å². The number of thiophene rings is 1. The maximum atomic E-state index is 11.5. The first-order valence-corrected chi connectivity index (χ1v) is 6.13. The topological polar surface area (TPSA) is 69.6 Å². The summed E-state index contributed by atoms with van der Waals surface area (Å²) >= 11 is 1.22. The summed E-state index contributed by atoms with van der Waals surface area (Å²) in [6.45, 7) is 3.38. The third-order valence-electron chi connectivity index (χ3n) is 2.35. The first kappa shape index (κ1) is 13.7. The molecule has 1 aromatic rings. The van der Waals surface area contributed by atoms with Crippen molar-refractivity contribution in [2.75, 3.05) is 20.1 Å². The summed E-state index contributed by atoms with van der Waals surface area (Å²) in [7, 11) is 1.75. The summed E-state index contributed by atoms with van der Waals surface area (Å²) < 4.78 is 0. The van der Waals surface area contributed by atoms with Crippen LogP contribution in [-0.2, 0) is 11.3 Å². The Morgan fingerprint density at radius 1 is 1.47 bits per heavy atom. The molecule has 1 amide bonds. The molecule has 0 spiro atoms. The lowest BCUT2D eigenvalue weighted by Gasteiger charge is -2.14. The molecule has 5 nitrogen and oxygen atoms in total. The standard InChI is InChI=1S/C11H16N2O3S/c1-3-13(2)10(14)7-12-6-8-4-5-9(17-8)11(15)16/h4-5,12H,3,6-7H2,1-2H3,(H,15,16). The highest BCUT2D eigenvalue weighted by molar-refractivity contribution is 7.13. The third kappa shape index (κ3) is 4.16. The molecule has 0 bridgehead atoms. The Balaban J connectivity index is 2.35. The molecule has 0 aliphatic heterocycles. The zero-order valence-electron chi connectivity index (χ0n) is 9.90. The number of carboxylic acids is 1. The molecular formula is C11H16N2O3S. The van der Waals surface area contributed by atoms with E-state index in [-0.39, 0.29) is 12.5 Å². The van der Waals surface area contributed by atoms with E-state index in [4.69, 9.17) is 5.11 Å². The van der Waals surface area contributed by atoms with Gasteiger partial charge in [-0.25, -0.2) is 4.79 Å². The van der Waals surface area contributed by atoms with E-state index in [9.17, 15) is 9.59 Å². The van der Waals surface area contributed by atoms with Gasteiger partial charge in [0.1, 0.15) is 4.88 Å². The van der Waals surface area contributed by atoms with Crippen molar-refractivity contribution in [3.63, 3.8) is 0 Å². The van der Waals surface area contributed by atoms with Crippen LogP contribution in [0.4, 0.5) is 0 Å². The molecule has 1 aromatic heterocycles. The van der Waals surface area contributed by atoms with Gasteiger partial charge in [-0.3, -0.25) is 4.79 Å². The van der Waals surface area contributed by atoms with Gasteiger partial charge in [0.2, 0.25) is 5.91 Å². The molecule has 0 atom stereocenters. The molecule has 0 fully saturated rings. The van der Waals surface area contributed by atoms with Gasteiger partial charge in [-0.15, -0.1) is 11.3 Å². The smallest absolute Gasteiger partial charge is 0.345 e. The predicted molar refractivity (Wildman–Crippen MR) is 66.3 cm³/mol. The Hall–Kier alpha value is -1.40. The van der Waals surface area contributed by atoms with E-state index in [0.29, 0.717) is 18.0 Å². The van der Waals surface area contributed by atoms with E-state index in [1.165, 1.54) is 11.3 Å². The van der Waals surface area contributed by atoms with Crippen molar-refractivity contribution in [2.45, 2.75) is 13.5 Å². The molecular weight excluding hydrogens is 240 g/mol. The van der Waals surface area contributed by atoms with Crippen molar-refractivity contribution in [3.8, 4) is 0 Å². The van der Waals surface area contributed by atoms with Gasteiger partial charge in [-0.05, 0) is 19.1 Å². The average Bonchev–Trinajstić information content (AvgIpc) is 2.76. The van der Waals surface area contributed by atoms with E-state index in [1.807, 2.05) is 6.92 Å². The minimum Gasteiger partial charge on any atom is -0.477 e. The van der Waals surface area contributed by atoms with Gasteiger partial charge in [0, 0.05) is 25.0 Å². The van der Waals surface area contributed by atoms with Crippen LogP contribution in [0.15, 0.2) is 12.1 Å². The largest absolute Gasteiger partial charge is 0.477 e. The van der Waals surface area contributed by atoms with Crippen molar-refractivity contribution in [3.05, 3.63) is 21.9 Å². The number of likely N-dealkylation sites (N-methyl/N-ethyl adjacent to an activating group) is 1. The summed E-state index contributed by atoms with van der Waals surface area (Å²) in [5, 5.41) is 11.7. The number of carbonyl (C=O) groups is 2. The van der Waals surface area contributed by atoms with Crippen molar-refractivity contribution in [2.24, 2.45) is 0 Å². The molecule has 0 saturated carbocycles. The predicted octanol–water partition coefficient (Wildman–Crippen LogP) is 1.01. The fourth-order valence-electron chi connectivity index (χ4n) is 1.19. The molecule has 1 rings (SSSR count). The Morgan fingerprint density at radius 2 is 2.18 bits per heavy atom. The molecule has 17 heavy (non-hydrogen) atoms. The SMILES string of the molecule is CCN(C)C(=O)CNCc1ccc(C(=O)O)s1. The molecule has 2 N–H and O–H groups in total. The van der Waals surface area contributed by atoms with Crippen LogP contribution in [-0.4, -0.2) is 42.0 Å². The number of amides is 1. The van der Waals surface area contributed by atoms with E-state index in [1.54, 1.807) is 24.1 Å². The Labute approximate surface area is 104 Å². The molecule has 0 radical (unpaired) electrons. The second-order valence-corrected chi connectivity index (χ2v) is 4.75. The average molecular weight is 256 g/mol. The van der Waals surface area contributed by atoms with Gasteiger partial charge >= 0.3 is 5.97 Å². The minimum atomic E-state index is -0.914. The van der Waals surface area contributed by atoms with Crippen LogP contribution in [0.25, 0.3) is 0 Å². The van der Waals surface area contributed by atoms with Gasteiger partial charge in [-0.1, -0.05) is 0 Å². The fourth-order valence-corrected chi connectivity index (χ4v) is 2.01. The van der Waals surface area contributed by atoms with Gasteiger partial charge in [0.15, 0.2) is 0 Å². The van der Waals surface area contributed by atoms with E-state index >= 15 is 0 Å². The number of hydrogen-bond acceptors (Lipinski definition) is 4. The zero-order valence-corrected chi connectivity index (χ0v) is 10.7. The molecule has 94 valence electrons. The highest BCUT2D eigenvalue weighted by atomic mass is 32.1. The van der Waals surface area contributed by atoms with Crippen molar-refractivity contribution >= 4 is 23.2 Å². The first-order valence-electron chi connectivity index (χ1n) is 5.31. The maximum absolute atomic E-state index is 11.5. The van der Waals surface area contributed by atoms with E-state index in [0.717, 1.165) is 4.88 Å². The van der Waals surface area contributed by atoms with Crippen LogP contribution in [0.3, 0.4) is 0 Å². The Bertz CT molecular complexity index is 403. The van der Waals surface area contributed by atoms with Crippen LogP contribution in [0.2, 0.25) is 0 Å². The summed E-state index contributed by atoms with van der Waals surface area (Å²) in [5.41, 5.74) is 0. The lowest BCUT2D eigenvalue weighted by Crippen LogP contribution is -2.34. The van der Waals surface area contributed by atoms with Crippen LogP contribution >= 0.6 is 11.3 Å². The normalized spacial score (nSPS) is 10.2. The molecule has 6 heteroatoms. The van der Waals surface area contributed by atoms with Gasteiger partial charge in [-0.2, -0.15) is 0 Å². The first-order chi connectivity index (χ1) is 8.04. The molecule has 0 unspecified atom stereocenters. The van der Waals surface area contributed by atoms with Crippen molar-refractivity contribution < 1.29 is 14.7 Å². The number of rotatable bonds is 6. The number of nitrogens with one attached hydrogen (secondary N) is 1. The number of nitrogens with zero attached hydrogens (tertiary/aromatic N) is 1. The molecule has 0 aliphatic rings. The number of carboxylic acid groups (broad SMARTS) is 1. The molecule has 1 heterocycles. The lowest BCUT2D eigenvalue weighted by atomic mass is 10.4. The number of hydrogen-bond donors (Lipinski definition) is 2. The van der Waals surface area contributed by atoms with Crippen molar-refractivity contribution in [1.29, 1.82) is 0 Å². The van der Waals surface area contributed by atoms with Gasteiger partial charge < -0.3 is 15.3 Å². The Morgan fingerprint density at radius 3 is 2.71 bits per heavy atom. The fraction of sp³-hybridized carbons (Fsp3) is 0.455. The second kappa shape index (κ2) is 6.36. The highest BCUT2D eigenvalue weighted by Gasteiger charge is 2.08. The quantitative estimate of drug-likeness (QED) is 0.797. The molecule has 0 aliphatic carbocycles. The van der Waals surface area contributed by atoms with Crippen molar-refractivity contribution in [1.82, 2.24) is 10.2 Å². The summed E-state index contributed by atoms with van der Waals surface area (Å²) in [6.07, 6.45) is 0. The van der Waals surface area contributed by atoms with Gasteiger partial charge in [0.05, 0.1) is 6.54 Å². The monoisotopic (exact) mass is 256 g/mol. The van der Waals surface area contributed by atoms with Crippen LogP contribution in [0.1, 0.15) is 21.5 Å². The summed E-state index contributed by atoms with van der Waals surface area (Å²) in [4.78, 5) is 25.0. The number of aromatic carboxylic acids is 1. The second-order valence-electron chi connectivity index (χ2n) is 3.58. The lowest BCUT2D eigenvalue weighted by molar-refractivity contribution is -0.128. The molecule has 0 aromatic carbocycles. The molecule has 0 saturated heterocycles. The van der Waals surface area contributed by atoms with Crippen LogP contribution in [0, 0.1) is 0 Å².